The molecule has 0 aromatic heterocycles. The number of alkyl halides is 1. The fourth-order valence-electron chi connectivity index (χ4n) is 1.39. The van der Waals surface area contributed by atoms with Crippen LogP contribution in [-0.4, -0.2) is 11.1 Å². The minimum absolute atomic E-state index is 0.240. The smallest absolute Gasteiger partial charge is 0.165 e. The van der Waals surface area contributed by atoms with Crippen molar-refractivity contribution < 1.29 is 4.79 Å². The second kappa shape index (κ2) is 5.85. The molecule has 14 heavy (non-hydrogen) atoms. The average molecular weight is 367 g/mol. The topological polar surface area (TPSA) is 17.1 Å². The Labute approximate surface area is 107 Å². The summed E-state index contributed by atoms with van der Waals surface area (Å²) in [6.07, 6.45) is 1.49. The molecule has 0 aliphatic carbocycles. The first-order valence-corrected chi connectivity index (χ1v) is 6.77. The zero-order valence-corrected chi connectivity index (χ0v) is 11.8. The van der Waals surface area contributed by atoms with Gasteiger partial charge in [0.05, 0.1) is 0 Å². The third-order valence-corrected chi connectivity index (χ3v) is 3.38. The maximum atomic E-state index is 11.8. The molecular formula is C11H12BrIO. The van der Waals surface area contributed by atoms with Crippen molar-refractivity contribution in [2.45, 2.75) is 19.8 Å². The van der Waals surface area contributed by atoms with Crippen molar-refractivity contribution >= 4 is 44.3 Å². The molecule has 76 valence electrons. The van der Waals surface area contributed by atoms with Gasteiger partial charge in [0, 0.05) is 20.9 Å². The predicted octanol–water partition coefficient (Wildman–Crippen LogP) is 3.82. The first-order valence-electron chi connectivity index (χ1n) is 4.57. The summed E-state index contributed by atoms with van der Waals surface area (Å²) in [5, 5.41) is 0.736. The molecule has 0 aliphatic rings. The Bertz CT molecular complexity index is 336. The summed E-state index contributed by atoms with van der Waals surface area (Å²) in [6.45, 7) is 2.08. The van der Waals surface area contributed by atoms with Gasteiger partial charge in [-0.05, 0) is 40.6 Å². The van der Waals surface area contributed by atoms with E-state index in [-0.39, 0.29) is 5.78 Å². The SMILES string of the molecule is CCc1cccc(I)c1C(=O)CCBr. The van der Waals surface area contributed by atoms with Crippen LogP contribution < -0.4 is 0 Å². The Morgan fingerprint density at radius 1 is 1.50 bits per heavy atom. The second-order valence-electron chi connectivity index (χ2n) is 2.99. The number of aryl methyl sites for hydroxylation is 1. The van der Waals surface area contributed by atoms with Gasteiger partial charge in [-0.25, -0.2) is 0 Å². The van der Waals surface area contributed by atoms with Gasteiger partial charge in [-0.3, -0.25) is 4.79 Å². The summed E-state index contributed by atoms with van der Waals surface area (Å²) in [4.78, 5) is 11.8. The highest BCUT2D eigenvalue weighted by Crippen LogP contribution is 2.19. The third-order valence-electron chi connectivity index (χ3n) is 2.08. The maximum Gasteiger partial charge on any atom is 0.165 e. The fourth-order valence-corrected chi connectivity index (χ4v) is 2.60. The van der Waals surface area contributed by atoms with Gasteiger partial charge in [-0.2, -0.15) is 0 Å². The number of carbonyl (C=O) groups is 1. The molecular weight excluding hydrogens is 355 g/mol. The van der Waals surface area contributed by atoms with E-state index in [4.69, 9.17) is 0 Å². The van der Waals surface area contributed by atoms with Crippen LogP contribution >= 0.6 is 38.5 Å². The van der Waals surface area contributed by atoms with Crippen molar-refractivity contribution in [1.82, 2.24) is 0 Å². The summed E-state index contributed by atoms with van der Waals surface area (Å²) in [5.41, 5.74) is 2.07. The highest BCUT2D eigenvalue weighted by atomic mass is 127. The number of hydrogen-bond acceptors (Lipinski definition) is 1. The summed E-state index contributed by atoms with van der Waals surface area (Å²) >= 11 is 5.52. The summed E-state index contributed by atoms with van der Waals surface area (Å²) in [5.74, 6) is 0.240. The fraction of sp³-hybridized carbons (Fsp3) is 0.364. The Hall–Kier alpha value is 0.1000. The molecule has 0 heterocycles. The molecule has 1 nitrogen and oxygen atoms in total. The van der Waals surface area contributed by atoms with E-state index in [9.17, 15) is 4.79 Å². The molecule has 0 unspecified atom stereocenters. The quantitative estimate of drug-likeness (QED) is 0.449. The monoisotopic (exact) mass is 366 g/mol. The van der Waals surface area contributed by atoms with E-state index >= 15 is 0 Å². The van der Waals surface area contributed by atoms with Crippen LogP contribution in [0.1, 0.15) is 29.3 Å². The van der Waals surface area contributed by atoms with Gasteiger partial charge in [0.1, 0.15) is 0 Å². The van der Waals surface area contributed by atoms with Gasteiger partial charge in [-0.15, -0.1) is 0 Å². The number of benzene rings is 1. The number of hydrogen-bond donors (Lipinski definition) is 0. The minimum Gasteiger partial charge on any atom is -0.294 e. The van der Waals surface area contributed by atoms with Gasteiger partial charge >= 0.3 is 0 Å². The van der Waals surface area contributed by atoms with E-state index in [1.807, 2.05) is 18.2 Å². The molecule has 0 fully saturated rings. The van der Waals surface area contributed by atoms with E-state index in [1.54, 1.807) is 0 Å². The van der Waals surface area contributed by atoms with Crippen LogP contribution in [-0.2, 0) is 6.42 Å². The molecule has 1 aromatic carbocycles. The van der Waals surface area contributed by atoms with E-state index < -0.39 is 0 Å². The molecule has 0 spiro atoms. The van der Waals surface area contributed by atoms with Crippen molar-refractivity contribution in [2.75, 3.05) is 5.33 Å². The maximum absolute atomic E-state index is 11.8. The lowest BCUT2D eigenvalue weighted by Gasteiger charge is -2.08. The number of ketones is 1. The Balaban J connectivity index is 3.10. The van der Waals surface area contributed by atoms with Crippen LogP contribution in [0.4, 0.5) is 0 Å². The van der Waals surface area contributed by atoms with Crippen LogP contribution in [0.15, 0.2) is 18.2 Å². The van der Waals surface area contributed by atoms with Crippen LogP contribution in [0.2, 0.25) is 0 Å². The molecule has 0 aliphatic heterocycles. The second-order valence-corrected chi connectivity index (χ2v) is 4.94. The normalized spacial score (nSPS) is 10.2. The molecule has 0 saturated carbocycles. The molecule has 3 heteroatoms. The highest BCUT2D eigenvalue weighted by molar-refractivity contribution is 14.1. The lowest BCUT2D eigenvalue weighted by molar-refractivity contribution is 0.0988. The lowest BCUT2D eigenvalue weighted by Crippen LogP contribution is -2.06. The molecule has 0 N–H and O–H groups in total. The van der Waals surface area contributed by atoms with E-state index in [0.29, 0.717) is 6.42 Å². The van der Waals surface area contributed by atoms with E-state index in [2.05, 4.69) is 45.4 Å². The molecule has 1 rings (SSSR count). The third kappa shape index (κ3) is 2.79. The molecule has 0 saturated heterocycles. The summed E-state index contributed by atoms with van der Waals surface area (Å²) in [7, 11) is 0. The number of rotatable bonds is 4. The van der Waals surface area contributed by atoms with Gasteiger partial charge in [0.25, 0.3) is 0 Å². The van der Waals surface area contributed by atoms with E-state index in [1.165, 1.54) is 0 Å². The molecule has 1 aromatic rings. The molecule has 0 radical (unpaired) electrons. The van der Waals surface area contributed by atoms with Gasteiger partial charge in [0.15, 0.2) is 5.78 Å². The Kier molecular flexibility index (Phi) is 5.09. The van der Waals surface area contributed by atoms with Crippen LogP contribution in [0.3, 0.4) is 0 Å². The van der Waals surface area contributed by atoms with Crippen molar-refractivity contribution in [3.05, 3.63) is 32.9 Å². The van der Waals surface area contributed by atoms with Crippen LogP contribution in [0, 0.1) is 3.57 Å². The van der Waals surface area contributed by atoms with Crippen LogP contribution in [0.5, 0.6) is 0 Å². The van der Waals surface area contributed by atoms with E-state index in [0.717, 1.165) is 26.4 Å². The Morgan fingerprint density at radius 3 is 2.79 bits per heavy atom. The molecule has 0 atom stereocenters. The van der Waals surface area contributed by atoms with Crippen molar-refractivity contribution in [3.63, 3.8) is 0 Å². The average Bonchev–Trinajstić information content (AvgIpc) is 2.17. The summed E-state index contributed by atoms with van der Waals surface area (Å²) in [6, 6.07) is 6.02. The van der Waals surface area contributed by atoms with Gasteiger partial charge in [0.2, 0.25) is 0 Å². The minimum atomic E-state index is 0.240. The lowest BCUT2D eigenvalue weighted by atomic mass is 10.0. The van der Waals surface area contributed by atoms with Gasteiger partial charge < -0.3 is 0 Å². The van der Waals surface area contributed by atoms with Crippen molar-refractivity contribution in [1.29, 1.82) is 0 Å². The zero-order valence-electron chi connectivity index (χ0n) is 8.02. The number of halogens is 2. The summed E-state index contributed by atoms with van der Waals surface area (Å²) < 4.78 is 1.06. The first kappa shape index (κ1) is 12.2. The molecule has 0 bridgehead atoms. The first-order chi connectivity index (χ1) is 6.70. The molecule has 0 amide bonds. The van der Waals surface area contributed by atoms with Crippen LogP contribution in [0.25, 0.3) is 0 Å². The highest BCUT2D eigenvalue weighted by Gasteiger charge is 2.12. The number of carbonyl (C=O) groups excluding carboxylic acids is 1. The Morgan fingerprint density at radius 2 is 2.21 bits per heavy atom. The zero-order chi connectivity index (χ0) is 10.6. The van der Waals surface area contributed by atoms with Crippen molar-refractivity contribution in [2.24, 2.45) is 0 Å². The number of Topliss-reactive ketones (excluding diaryl/α,β-unsaturated/α-hetero) is 1. The van der Waals surface area contributed by atoms with Crippen molar-refractivity contribution in [3.8, 4) is 0 Å². The largest absolute Gasteiger partial charge is 0.294 e. The standard InChI is InChI=1S/C11H12BrIO/c1-2-8-4-3-5-9(13)11(8)10(14)6-7-12/h3-5H,2,6-7H2,1H3. The van der Waals surface area contributed by atoms with Gasteiger partial charge in [-0.1, -0.05) is 35.0 Å². The predicted molar refractivity (Wildman–Crippen MR) is 71.3 cm³/mol.